The number of aliphatic carboxylic acids is 1. The van der Waals surface area contributed by atoms with E-state index in [1.807, 2.05) is 6.92 Å². The predicted molar refractivity (Wildman–Crippen MR) is 115 cm³/mol. The minimum atomic E-state index is -1.33. The lowest BCUT2D eigenvalue weighted by molar-refractivity contribution is -0.312. The molecule has 0 bridgehead atoms. The molecule has 1 heterocycles. The van der Waals surface area contributed by atoms with Crippen LogP contribution < -0.4 is 24.8 Å². The Morgan fingerprint density at radius 2 is 1.74 bits per heavy atom. The molecular formula is C22H19N2O6S-. The van der Waals surface area contributed by atoms with Gasteiger partial charge in [-0.2, -0.15) is 0 Å². The monoisotopic (exact) mass is 439 g/mol. The number of nitrogens with one attached hydrogen (secondary N) is 1. The van der Waals surface area contributed by atoms with E-state index in [-0.39, 0.29) is 10.7 Å². The minimum absolute atomic E-state index is 0.0173. The smallest absolute Gasteiger partial charge is 0.270 e. The molecule has 0 radical (unpaired) electrons. The molecule has 1 atom stereocenters. The molecule has 3 rings (SSSR count). The van der Waals surface area contributed by atoms with Crippen LogP contribution in [0.4, 0.5) is 5.69 Å². The fourth-order valence-corrected chi connectivity index (χ4v) is 3.09. The zero-order chi connectivity index (χ0) is 22.5. The van der Waals surface area contributed by atoms with Gasteiger partial charge in [-0.15, -0.1) is 0 Å². The standard InChI is InChI=1S/C22H20N2O6S/c1-3-29-16-10-6-15(7-11-16)24-20(26)18(19(25)23-22(24)31)12-14-4-8-17(9-5-14)30-13(2)21(27)28/h4-13H,3H2,1-2H3,(H,27,28)(H,23,25,31)/p-1/b18-12+/t13-/m0/s1. The van der Waals surface area contributed by atoms with Crippen LogP contribution in [-0.4, -0.2) is 35.6 Å². The van der Waals surface area contributed by atoms with Crippen molar-refractivity contribution in [2.45, 2.75) is 20.0 Å². The van der Waals surface area contributed by atoms with Gasteiger partial charge in [0.15, 0.2) is 5.11 Å². The van der Waals surface area contributed by atoms with E-state index in [1.165, 1.54) is 30.0 Å². The van der Waals surface area contributed by atoms with Gasteiger partial charge in [0.2, 0.25) is 0 Å². The molecule has 8 nitrogen and oxygen atoms in total. The van der Waals surface area contributed by atoms with Gasteiger partial charge >= 0.3 is 0 Å². The molecule has 0 saturated carbocycles. The summed E-state index contributed by atoms with van der Waals surface area (Å²) in [6.07, 6.45) is 0.311. The third kappa shape index (κ3) is 5.07. The molecule has 0 spiro atoms. The van der Waals surface area contributed by atoms with Crippen molar-refractivity contribution in [1.82, 2.24) is 5.32 Å². The Morgan fingerprint density at radius 3 is 2.32 bits per heavy atom. The summed E-state index contributed by atoms with van der Waals surface area (Å²) < 4.78 is 10.6. The van der Waals surface area contributed by atoms with Gasteiger partial charge in [0.25, 0.3) is 11.8 Å². The summed E-state index contributed by atoms with van der Waals surface area (Å²) in [5, 5.41) is 13.3. The van der Waals surface area contributed by atoms with Gasteiger partial charge in [-0.1, -0.05) is 12.1 Å². The van der Waals surface area contributed by atoms with E-state index < -0.39 is 23.9 Å². The number of carboxylic acid groups (broad SMARTS) is 1. The van der Waals surface area contributed by atoms with Gasteiger partial charge in [-0.25, -0.2) is 0 Å². The second kappa shape index (κ2) is 9.40. The molecule has 1 aliphatic rings. The summed E-state index contributed by atoms with van der Waals surface area (Å²) in [7, 11) is 0. The molecule has 2 amide bonds. The van der Waals surface area contributed by atoms with E-state index >= 15 is 0 Å². The normalized spacial score (nSPS) is 16.1. The third-order valence-electron chi connectivity index (χ3n) is 4.34. The first kappa shape index (κ1) is 22.0. The summed E-state index contributed by atoms with van der Waals surface area (Å²) >= 11 is 5.19. The molecule has 0 aliphatic carbocycles. The number of amides is 2. The maximum absolute atomic E-state index is 13.0. The summed E-state index contributed by atoms with van der Waals surface area (Å²) in [4.78, 5) is 37.4. The van der Waals surface area contributed by atoms with E-state index in [4.69, 9.17) is 21.7 Å². The molecule has 31 heavy (non-hydrogen) atoms. The maximum atomic E-state index is 13.0. The third-order valence-corrected chi connectivity index (χ3v) is 4.63. The van der Waals surface area contributed by atoms with Crippen LogP contribution in [0.2, 0.25) is 0 Å². The molecular weight excluding hydrogens is 420 g/mol. The summed E-state index contributed by atoms with van der Waals surface area (Å²) in [5.41, 5.74) is 0.940. The van der Waals surface area contributed by atoms with Crippen molar-refractivity contribution >= 4 is 46.9 Å². The first-order chi connectivity index (χ1) is 14.8. The number of carboxylic acids is 1. The van der Waals surface area contributed by atoms with Gasteiger partial charge in [-0.05, 0) is 74.1 Å². The first-order valence-corrected chi connectivity index (χ1v) is 9.83. The van der Waals surface area contributed by atoms with Crippen LogP contribution in [-0.2, 0) is 14.4 Å². The summed E-state index contributed by atoms with van der Waals surface area (Å²) in [6.45, 7) is 3.74. The number of hydrogen-bond donors (Lipinski definition) is 1. The van der Waals surface area contributed by atoms with Crippen molar-refractivity contribution in [2.75, 3.05) is 11.5 Å². The largest absolute Gasteiger partial charge is 0.546 e. The second-order valence-corrected chi connectivity index (χ2v) is 6.92. The topological polar surface area (TPSA) is 108 Å². The van der Waals surface area contributed by atoms with Crippen LogP contribution in [0.15, 0.2) is 54.1 Å². The van der Waals surface area contributed by atoms with Gasteiger partial charge in [-0.3, -0.25) is 19.8 Å². The number of anilines is 1. The highest BCUT2D eigenvalue weighted by Crippen LogP contribution is 2.25. The fourth-order valence-electron chi connectivity index (χ4n) is 2.81. The van der Waals surface area contributed by atoms with E-state index in [0.717, 1.165) is 0 Å². The lowest BCUT2D eigenvalue weighted by Crippen LogP contribution is -2.54. The zero-order valence-corrected chi connectivity index (χ0v) is 17.6. The van der Waals surface area contributed by atoms with Crippen LogP contribution in [0.25, 0.3) is 6.08 Å². The Bertz CT molecular complexity index is 1050. The van der Waals surface area contributed by atoms with Gasteiger partial charge < -0.3 is 19.4 Å². The number of rotatable bonds is 7. The van der Waals surface area contributed by atoms with Crippen molar-refractivity contribution in [2.24, 2.45) is 0 Å². The highest BCUT2D eigenvalue weighted by atomic mass is 32.1. The molecule has 2 aromatic carbocycles. The van der Waals surface area contributed by atoms with Gasteiger partial charge in [0.05, 0.1) is 18.3 Å². The molecule has 1 aliphatic heterocycles. The lowest BCUT2D eigenvalue weighted by Gasteiger charge is -2.29. The van der Waals surface area contributed by atoms with Crippen molar-refractivity contribution in [1.29, 1.82) is 0 Å². The van der Waals surface area contributed by atoms with Crippen LogP contribution in [0.5, 0.6) is 11.5 Å². The highest BCUT2D eigenvalue weighted by molar-refractivity contribution is 7.80. The van der Waals surface area contributed by atoms with Crippen LogP contribution in [0.3, 0.4) is 0 Å². The average Bonchev–Trinajstić information content (AvgIpc) is 2.73. The Balaban J connectivity index is 1.84. The lowest BCUT2D eigenvalue weighted by atomic mass is 10.1. The summed E-state index contributed by atoms with van der Waals surface area (Å²) in [6, 6.07) is 13.0. The minimum Gasteiger partial charge on any atom is -0.546 e. The molecule has 9 heteroatoms. The van der Waals surface area contributed by atoms with E-state index in [0.29, 0.717) is 29.4 Å². The molecule has 0 aromatic heterocycles. The number of thiocarbonyl (C=S) groups is 1. The Labute approximate surface area is 184 Å². The quantitative estimate of drug-likeness (QED) is 0.395. The SMILES string of the molecule is CCOc1ccc(N2C(=O)/C(=C/c3ccc(O[C@@H](C)C(=O)[O-])cc3)C(=O)NC2=S)cc1. The molecule has 1 fully saturated rings. The molecule has 1 saturated heterocycles. The molecule has 0 unspecified atom stereocenters. The Hall–Kier alpha value is -3.72. The fraction of sp³-hybridized carbons (Fsp3) is 0.182. The van der Waals surface area contributed by atoms with E-state index in [2.05, 4.69) is 5.32 Å². The van der Waals surface area contributed by atoms with Gasteiger partial charge in [0, 0.05) is 0 Å². The average molecular weight is 439 g/mol. The van der Waals surface area contributed by atoms with Crippen molar-refractivity contribution in [3.63, 3.8) is 0 Å². The number of carbonyl (C=O) groups excluding carboxylic acids is 3. The number of ether oxygens (including phenoxy) is 2. The van der Waals surface area contributed by atoms with Crippen LogP contribution >= 0.6 is 12.2 Å². The van der Waals surface area contributed by atoms with Gasteiger partial charge in [0.1, 0.15) is 23.2 Å². The van der Waals surface area contributed by atoms with Crippen LogP contribution in [0, 0.1) is 0 Å². The zero-order valence-electron chi connectivity index (χ0n) is 16.8. The molecule has 1 N–H and O–H groups in total. The Kier molecular flexibility index (Phi) is 6.66. The van der Waals surface area contributed by atoms with E-state index in [1.54, 1.807) is 36.4 Å². The van der Waals surface area contributed by atoms with Crippen molar-refractivity contribution in [3.8, 4) is 11.5 Å². The number of nitrogens with zero attached hydrogens (tertiary/aromatic N) is 1. The number of carbonyl (C=O) groups is 3. The first-order valence-electron chi connectivity index (χ1n) is 9.42. The number of hydrogen-bond acceptors (Lipinski definition) is 7. The summed E-state index contributed by atoms with van der Waals surface area (Å²) in [5.74, 6) is -1.54. The molecule has 160 valence electrons. The van der Waals surface area contributed by atoms with E-state index in [9.17, 15) is 19.5 Å². The van der Waals surface area contributed by atoms with Crippen molar-refractivity contribution in [3.05, 3.63) is 59.7 Å². The Morgan fingerprint density at radius 1 is 1.13 bits per heavy atom. The number of benzene rings is 2. The highest BCUT2D eigenvalue weighted by Gasteiger charge is 2.34. The molecule has 2 aromatic rings. The second-order valence-electron chi connectivity index (χ2n) is 6.53. The van der Waals surface area contributed by atoms with Crippen molar-refractivity contribution < 1.29 is 29.0 Å². The van der Waals surface area contributed by atoms with Crippen LogP contribution in [0.1, 0.15) is 19.4 Å². The predicted octanol–water partition coefficient (Wildman–Crippen LogP) is 1.43. The maximum Gasteiger partial charge on any atom is 0.270 e.